The zero-order valence-electron chi connectivity index (χ0n) is 17.0. The van der Waals surface area contributed by atoms with Gasteiger partial charge >= 0.3 is 5.97 Å². The second kappa shape index (κ2) is 7.84. The van der Waals surface area contributed by atoms with Crippen molar-refractivity contribution in [2.45, 2.75) is 31.8 Å². The normalized spacial score (nSPS) is 14.1. The number of H-pyrrole nitrogens is 2. The number of benzene rings is 2. The number of carboxylic acid groups (broad SMARTS) is 1. The molecule has 0 atom stereocenters. The third kappa shape index (κ3) is 3.68. The summed E-state index contributed by atoms with van der Waals surface area (Å²) in [6.45, 7) is 0. The van der Waals surface area contributed by atoms with Gasteiger partial charge in [-0.2, -0.15) is 0 Å². The number of phenolic OH excluding ortho intramolecular Hbond substituents is 1. The van der Waals surface area contributed by atoms with Crippen LogP contribution in [0.1, 0.15) is 36.0 Å². The minimum absolute atomic E-state index is 0.0157. The van der Waals surface area contributed by atoms with Gasteiger partial charge < -0.3 is 24.9 Å². The third-order valence-corrected chi connectivity index (χ3v) is 5.62. The van der Waals surface area contributed by atoms with Crippen molar-refractivity contribution in [3.05, 3.63) is 58.6 Å². The Morgan fingerprint density at radius 1 is 1.09 bits per heavy atom. The molecular weight excluding hydrogens is 412 g/mol. The van der Waals surface area contributed by atoms with E-state index in [0.717, 1.165) is 25.7 Å². The van der Waals surface area contributed by atoms with Crippen LogP contribution < -0.4 is 10.3 Å². The number of aromatic nitrogens is 4. The SMILES string of the molecule is O=C(O)c1cc(O)cc(-c2ccc(-c3nc4[nH]cnc4c(=O)[nH]3)c(OC3CCCC3)c2)c1. The van der Waals surface area contributed by atoms with Crippen molar-refractivity contribution >= 4 is 17.1 Å². The highest BCUT2D eigenvalue weighted by Gasteiger charge is 2.21. The van der Waals surface area contributed by atoms with Gasteiger partial charge in [-0.1, -0.05) is 6.07 Å². The maximum absolute atomic E-state index is 12.4. The lowest BCUT2D eigenvalue weighted by Gasteiger charge is -2.18. The van der Waals surface area contributed by atoms with Crippen LogP contribution in [0.25, 0.3) is 33.7 Å². The van der Waals surface area contributed by atoms with E-state index < -0.39 is 5.97 Å². The molecule has 9 heteroatoms. The lowest BCUT2D eigenvalue weighted by Crippen LogP contribution is -2.13. The highest BCUT2D eigenvalue weighted by molar-refractivity contribution is 5.90. The van der Waals surface area contributed by atoms with E-state index in [2.05, 4.69) is 19.9 Å². The Morgan fingerprint density at radius 3 is 2.69 bits per heavy atom. The van der Waals surface area contributed by atoms with E-state index in [-0.39, 0.29) is 28.5 Å². The highest BCUT2D eigenvalue weighted by Crippen LogP contribution is 2.36. The van der Waals surface area contributed by atoms with E-state index >= 15 is 0 Å². The van der Waals surface area contributed by atoms with Crippen molar-refractivity contribution < 1.29 is 19.7 Å². The number of nitrogens with zero attached hydrogens (tertiary/aromatic N) is 2. The highest BCUT2D eigenvalue weighted by atomic mass is 16.5. The number of phenols is 1. The summed E-state index contributed by atoms with van der Waals surface area (Å²) in [5, 5.41) is 19.3. The Bertz CT molecular complexity index is 1380. The van der Waals surface area contributed by atoms with Gasteiger partial charge in [-0.25, -0.2) is 14.8 Å². The topological polar surface area (TPSA) is 141 Å². The predicted molar refractivity (Wildman–Crippen MR) is 117 cm³/mol. The van der Waals surface area contributed by atoms with Crippen molar-refractivity contribution in [1.82, 2.24) is 19.9 Å². The van der Waals surface area contributed by atoms with Crippen LogP contribution >= 0.6 is 0 Å². The lowest BCUT2D eigenvalue weighted by molar-refractivity contribution is 0.0696. The fourth-order valence-electron chi connectivity index (χ4n) is 4.06. The van der Waals surface area contributed by atoms with Gasteiger partial charge in [0.15, 0.2) is 11.2 Å². The molecule has 0 spiro atoms. The maximum Gasteiger partial charge on any atom is 0.335 e. The van der Waals surface area contributed by atoms with Crippen LogP contribution in [0.2, 0.25) is 0 Å². The van der Waals surface area contributed by atoms with Crippen molar-refractivity contribution in [3.63, 3.8) is 0 Å². The van der Waals surface area contributed by atoms with Crippen LogP contribution in [0, 0.1) is 0 Å². The zero-order valence-corrected chi connectivity index (χ0v) is 17.0. The first kappa shape index (κ1) is 19.8. The lowest BCUT2D eigenvalue weighted by atomic mass is 10.00. The number of aromatic amines is 2. The van der Waals surface area contributed by atoms with E-state index in [9.17, 15) is 19.8 Å². The molecule has 9 nitrogen and oxygen atoms in total. The van der Waals surface area contributed by atoms with Gasteiger partial charge in [0.25, 0.3) is 5.56 Å². The first-order valence-electron chi connectivity index (χ1n) is 10.3. The summed E-state index contributed by atoms with van der Waals surface area (Å²) in [6, 6.07) is 9.51. The molecule has 0 radical (unpaired) electrons. The Balaban J connectivity index is 1.64. The molecule has 0 saturated heterocycles. The molecule has 2 heterocycles. The summed E-state index contributed by atoms with van der Waals surface area (Å²) >= 11 is 0. The minimum Gasteiger partial charge on any atom is -0.508 e. The van der Waals surface area contributed by atoms with E-state index in [1.165, 1.54) is 24.5 Å². The number of imidazole rings is 1. The van der Waals surface area contributed by atoms with Crippen LogP contribution in [0.15, 0.2) is 47.5 Å². The molecule has 1 aliphatic carbocycles. The van der Waals surface area contributed by atoms with Crippen LogP contribution in [-0.2, 0) is 0 Å². The van der Waals surface area contributed by atoms with Gasteiger partial charge in [-0.3, -0.25) is 4.79 Å². The molecule has 0 aliphatic heterocycles. The number of carbonyl (C=O) groups is 1. The fraction of sp³-hybridized carbons (Fsp3) is 0.217. The summed E-state index contributed by atoms with van der Waals surface area (Å²) in [5.41, 5.74) is 2.04. The van der Waals surface area contributed by atoms with Crippen molar-refractivity contribution in [3.8, 4) is 34.0 Å². The Morgan fingerprint density at radius 2 is 1.91 bits per heavy atom. The number of carboxylic acids is 1. The Kier molecular flexibility index (Phi) is 4.85. The number of hydrogen-bond acceptors (Lipinski definition) is 6. The molecule has 1 aliphatic rings. The van der Waals surface area contributed by atoms with Crippen LogP contribution in [0.3, 0.4) is 0 Å². The number of rotatable bonds is 5. The smallest absolute Gasteiger partial charge is 0.335 e. The zero-order chi connectivity index (χ0) is 22.2. The molecule has 4 N–H and O–H groups in total. The summed E-state index contributed by atoms with van der Waals surface area (Å²) in [7, 11) is 0. The number of hydrogen-bond donors (Lipinski definition) is 4. The van der Waals surface area contributed by atoms with Crippen molar-refractivity contribution in [2.75, 3.05) is 0 Å². The summed E-state index contributed by atoms with van der Waals surface area (Å²) in [6.07, 6.45) is 5.50. The Labute approximate surface area is 181 Å². The molecule has 0 unspecified atom stereocenters. The average Bonchev–Trinajstić information content (AvgIpc) is 3.45. The van der Waals surface area contributed by atoms with Crippen LogP contribution in [0.5, 0.6) is 11.5 Å². The number of nitrogens with one attached hydrogen (secondary N) is 2. The van der Waals surface area contributed by atoms with Gasteiger partial charge in [0.2, 0.25) is 0 Å². The average molecular weight is 432 g/mol. The summed E-state index contributed by atoms with van der Waals surface area (Å²) in [5.74, 6) is -0.404. The minimum atomic E-state index is -1.13. The molecule has 162 valence electrons. The maximum atomic E-state index is 12.4. The van der Waals surface area contributed by atoms with Crippen LogP contribution in [-0.4, -0.2) is 42.2 Å². The van der Waals surface area contributed by atoms with Crippen molar-refractivity contribution in [2.24, 2.45) is 0 Å². The van der Waals surface area contributed by atoms with Gasteiger partial charge in [-0.15, -0.1) is 0 Å². The van der Waals surface area contributed by atoms with Crippen molar-refractivity contribution in [1.29, 1.82) is 0 Å². The molecule has 4 aromatic rings. The second-order valence-electron chi connectivity index (χ2n) is 7.82. The van der Waals surface area contributed by atoms with Gasteiger partial charge in [0, 0.05) is 0 Å². The molecule has 2 aromatic carbocycles. The molecule has 5 rings (SSSR count). The monoisotopic (exact) mass is 432 g/mol. The molecule has 2 aromatic heterocycles. The Hall–Kier alpha value is -4.14. The molecule has 1 fully saturated rings. The molecule has 0 amide bonds. The van der Waals surface area contributed by atoms with E-state index in [4.69, 9.17) is 4.74 Å². The van der Waals surface area contributed by atoms with Gasteiger partial charge in [0.05, 0.1) is 23.6 Å². The van der Waals surface area contributed by atoms with E-state index in [1.54, 1.807) is 18.2 Å². The molecule has 32 heavy (non-hydrogen) atoms. The molecule has 1 saturated carbocycles. The summed E-state index contributed by atoms with van der Waals surface area (Å²) in [4.78, 5) is 37.9. The molecular formula is C23H20N4O5. The number of fused-ring (bicyclic) bond motifs is 1. The largest absolute Gasteiger partial charge is 0.508 e. The number of ether oxygens (including phenoxy) is 1. The number of aromatic carboxylic acids is 1. The van der Waals surface area contributed by atoms with Gasteiger partial charge in [-0.05, 0) is 67.1 Å². The van der Waals surface area contributed by atoms with E-state index in [1.807, 2.05) is 0 Å². The molecule has 0 bridgehead atoms. The second-order valence-corrected chi connectivity index (χ2v) is 7.82. The first-order chi connectivity index (χ1) is 15.5. The quantitative estimate of drug-likeness (QED) is 0.377. The van der Waals surface area contributed by atoms with Gasteiger partial charge in [0.1, 0.15) is 17.3 Å². The third-order valence-electron chi connectivity index (χ3n) is 5.62. The summed E-state index contributed by atoms with van der Waals surface area (Å²) < 4.78 is 6.30. The fourth-order valence-corrected chi connectivity index (χ4v) is 4.06. The standard InChI is InChI=1S/C23H20N4O5/c28-15-8-13(7-14(9-15)23(30)31)12-5-6-17(18(10-12)32-16-3-1-2-4-16)20-26-21-19(22(29)27-20)24-11-25-21/h5-11,16,28H,1-4H2,(H,30,31)(H2,24,25,26,27,29). The first-order valence-corrected chi connectivity index (χ1v) is 10.3. The number of aromatic hydroxyl groups is 1. The predicted octanol–water partition coefficient (Wildman–Crippen LogP) is 3.71. The van der Waals surface area contributed by atoms with Crippen LogP contribution in [0.4, 0.5) is 0 Å². The van der Waals surface area contributed by atoms with E-state index in [0.29, 0.717) is 33.9 Å².